The Morgan fingerprint density at radius 3 is 2.33 bits per heavy atom. The lowest BCUT2D eigenvalue weighted by atomic mass is 9.80. The maximum atomic E-state index is 14.6. The van der Waals surface area contributed by atoms with Gasteiger partial charge in [0.1, 0.15) is 11.9 Å². The van der Waals surface area contributed by atoms with Crippen LogP contribution in [0.2, 0.25) is 5.15 Å². The SMILES string of the molecule is CC(C)(C)c1c(-c2ccnc(Cl)c2F)ccc(C#N)c1F. The first-order valence-electron chi connectivity index (χ1n) is 6.31. The van der Waals surface area contributed by atoms with Crippen LogP contribution in [0, 0.1) is 23.0 Å². The van der Waals surface area contributed by atoms with Crippen LogP contribution in [-0.2, 0) is 5.41 Å². The zero-order chi connectivity index (χ0) is 15.8. The van der Waals surface area contributed by atoms with Crippen molar-refractivity contribution in [2.45, 2.75) is 26.2 Å². The molecule has 0 N–H and O–H groups in total. The summed E-state index contributed by atoms with van der Waals surface area (Å²) in [6, 6.07) is 6.13. The van der Waals surface area contributed by atoms with Gasteiger partial charge >= 0.3 is 0 Å². The van der Waals surface area contributed by atoms with Crippen LogP contribution < -0.4 is 0 Å². The summed E-state index contributed by atoms with van der Waals surface area (Å²) in [7, 11) is 0. The van der Waals surface area contributed by atoms with Crippen molar-refractivity contribution in [1.29, 1.82) is 5.26 Å². The van der Waals surface area contributed by atoms with E-state index in [0.29, 0.717) is 5.56 Å². The van der Waals surface area contributed by atoms with Gasteiger partial charge in [0.05, 0.1) is 5.56 Å². The average Bonchev–Trinajstić information content (AvgIpc) is 2.40. The largest absolute Gasteiger partial charge is 0.242 e. The number of hydrogen-bond acceptors (Lipinski definition) is 2. The summed E-state index contributed by atoms with van der Waals surface area (Å²) in [5, 5.41) is 8.71. The van der Waals surface area contributed by atoms with Gasteiger partial charge in [-0.3, -0.25) is 0 Å². The van der Waals surface area contributed by atoms with E-state index in [1.807, 2.05) is 0 Å². The molecule has 0 radical (unpaired) electrons. The molecule has 0 aliphatic rings. The molecule has 0 amide bonds. The third-order valence-corrected chi connectivity index (χ3v) is 3.41. The lowest BCUT2D eigenvalue weighted by Gasteiger charge is -2.24. The van der Waals surface area contributed by atoms with E-state index in [1.54, 1.807) is 26.8 Å². The summed E-state index contributed by atoms with van der Waals surface area (Å²) in [5.74, 6) is -1.33. The maximum absolute atomic E-state index is 14.6. The topological polar surface area (TPSA) is 36.7 Å². The van der Waals surface area contributed by atoms with Gasteiger partial charge < -0.3 is 0 Å². The third kappa shape index (κ3) is 2.74. The highest BCUT2D eigenvalue weighted by atomic mass is 35.5. The van der Waals surface area contributed by atoms with Gasteiger partial charge in [-0.2, -0.15) is 5.26 Å². The minimum Gasteiger partial charge on any atom is -0.242 e. The number of pyridine rings is 1. The maximum Gasteiger partial charge on any atom is 0.168 e. The normalized spacial score (nSPS) is 11.3. The molecular weight excluding hydrogens is 294 g/mol. The molecule has 21 heavy (non-hydrogen) atoms. The Hall–Kier alpha value is -1.99. The van der Waals surface area contributed by atoms with Crippen LogP contribution in [0.1, 0.15) is 31.9 Å². The van der Waals surface area contributed by atoms with Crippen molar-refractivity contribution in [2.75, 3.05) is 0 Å². The minimum absolute atomic E-state index is 0.0655. The summed E-state index contributed by atoms with van der Waals surface area (Å²) in [6.07, 6.45) is 1.36. The highest BCUT2D eigenvalue weighted by molar-refractivity contribution is 6.29. The smallest absolute Gasteiger partial charge is 0.168 e. The Balaban J connectivity index is 2.85. The van der Waals surface area contributed by atoms with Crippen molar-refractivity contribution in [3.05, 3.63) is 52.3 Å². The quantitative estimate of drug-likeness (QED) is 0.706. The third-order valence-electron chi connectivity index (χ3n) is 3.15. The van der Waals surface area contributed by atoms with E-state index in [9.17, 15) is 8.78 Å². The second-order valence-corrected chi connectivity index (χ2v) is 6.03. The summed E-state index contributed by atoms with van der Waals surface area (Å²) in [5.41, 5.74) is 0.158. The second-order valence-electron chi connectivity index (χ2n) is 5.67. The summed E-state index contributed by atoms with van der Waals surface area (Å²) in [4.78, 5) is 3.66. The molecule has 2 aromatic rings. The van der Waals surface area contributed by atoms with Crippen molar-refractivity contribution >= 4 is 11.6 Å². The van der Waals surface area contributed by atoms with Gasteiger partial charge in [0.15, 0.2) is 11.0 Å². The molecule has 0 atom stereocenters. The number of hydrogen-bond donors (Lipinski definition) is 0. The standard InChI is InChI=1S/C16H13ClF2N2/c1-16(2,3)12-10(5-4-9(8-20)13(12)18)11-6-7-21-15(17)14(11)19/h4-7H,1-3H3. The molecular formula is C16H13ClF2N2. The predicted molar refractivity (Wildman–Crippen MR) is 78.0 cm³/mol. The fourth-order valence-electron chi connectivity index (χ4n) is 2.25. The molecule has 2 nitrogen and oxygen atoms in total. The first-order chi connectivity index (χ1) is 9.77. The van der Waals surface area contributed by atoms with E-state index in [4.69, 9.17) is 16.9 Å². The first-order valence-corrected chi connectivity index (χ1v) is 6.68. The minimum atomic E-state index is -0.700. The summed E-state index contributed by atoms with van der Waals surface area (Å²) in [6.45, 7) is 5.41. The highest BCUT2D eigenvalue weighted by Gasteiger charge is 2.26. The Kier molecular flexibility index (Phi) is 3.97. The predicted octanol–water partition coefficient (Wildman–Crippen LogP) is 4.85. The number of aromatic nitrogens is 1. The molecule has 2 rings (SSSR count). The monoisotopic (exact) mass is 306 g/mol. The summed E-state index contributed by atoms with van der Waals surface area (Å²) >= 11 is 5.70. The van der Waals surface area contributed by atoms with Crippen LogP contribution in [-0.4, -0.2) is 4.98 Å². The fourth-order valence-corrected chi connectivity index (χ4v) is 2.40. The molecule has 0 aliphatic carbocycles. The zero-order valence-corrected chi connectivity index (χ0v) is 12.6. The lowest BCUT2D eigenvalue weighted by Crippen LogP contribution is -2.16. The van der Waals surface area contributed by atoms with Crippen molar-refractivity contribution < 1.29 is 8.78 Å². The van der Waals surface area contributed by atoms with Crippen molar-refractivity contribution in [1.82, 2.24) is 4.98 Å². The van der Waals surface area contributed by atoms with Crippen LogP contribution in [0.25, 0.3) is 11.1 Å². The molecule has 0 saturated heterocycles. The van der Waals surface area contributed by atoms with E-state index in [-0.39, 0.29) is 21.8 Å². The van der Waals surface area contributed by atoms with Crippen LogP contribution in [0.15, 0.2) is 24.4 Å². The van der Waals surface area contributed by atoms with Gasteiger partial charge in [-0.25, -0.2) is 13.8 Å². The van der Waals surface area contributed by atoms with Crippen LogP contribution in [0.4, 0.5) is 8.78 Å². The van der Waals surface area contributed by atoms with Crippen LogP contribution in [0.5, 0.6) is 0 Å². The molecule has 1 aromatic carbocycles. The van der Waals surface area contributed by atoms with E-state index in [0.717, 1.165) is 0 Å². The van der Waals surface area contributed by atoms with E-state index >= 15 is 0 Å². The van der Waals surface area contributed by atoms with Crippen molar-refractivity contribution in [3.8, 4) is 17.2 Å². The number of nitrogens with zero attached hydrogens (tertiary/aromatic N) is 2. The van der Waals surface area contributed by atoms with Gasteiger partial charge in [0.25, 0.3) is 0 Å². The Morgan fingerprint density at radius 1 is 1.10 bits per heavy atom. The van der Waals surface area contributed by atoms with Crippen molar-refractivity contribution in [2.24, 2.45) is 0 Å². The van der Waals surface area contributed by atoms with Gasteiger partial charge in [-0.15, -0.1) is 0 Å². The van der Waals surface area contributed by atoms with Gasteiger partial charge in [0, 0.05) is 17.3 Å². The Bertz CT molecular complexity index is 743. The number of nitriles is 1. The molecule has 1 aromatic heterocycles. The summed E-state index contributed by atoms with van der Waals surface area (Å²) < 4.78 is 28.7. The van der Waals surface area contributed by atoms with Crippen molar-refractivity contribution in [3.63, 3.8) is 0 Å². The van der Waals surface area contributed by atoms with Crippen LogP contribution >= 0.6 is 11.6 Å². The van der Waals surface area contributed by atoms with Gasteiger partial charge in [-0.1, -0.05) is 38.4 Å². The molecule has 0 unspecified atom stereocenters. The molecule has 0 bridgehead atoms. The number of halogens is 3. The molecule has 0 saturated carbocycles. The Labute approximate surface area is 127 Å². The molecule has 0 aliphatic heterocycles. The van der Waals surface area contributed by atoms with E-state index in [2.05, 4.69) is 4.98 Å². The number of rotatable bonds is 1. The fraction of sp³-hybridized carbons (Fsp3) is 0.250. The molecule has 1 heterocycles. The second kappa shape index (κ2) is 5.42. The molecule has 0 fully saturated rings. The molecule has 0 spiro atoms. The van der Waals surface area contributed by atoms with E-state index in [1.165, 1.54) is 24.4 Å². The molecule has 108 valence electrons. The van der Waals surface area contributed by atoms with E-state index < -0.39 is 17.0 Å². The van der Waals surface area contributed by atoms with Gasteiger partial charge in [0.2, 0.25) is 0 Å². The zero-order valence-electron chi connectivity index (χ0n) is 11.8. The first kappa shape index (κ1) is 15.4. The van der Waals surface area contributed by atoms with Gasteiger partial charge in [-0.05, 0) is 23.1 Å². The molecule has 5 heteroatoms. The lowest BCUT2D eigenvalue weighted by molar-refractivity contribution is 0.522. The highest BCUT2D eigenvalue weighted by Crippen LogP contribution is 2.38. The van der Waals surface area contributed by atoms with Crippen LogP contribution in [0.3, 0.4) is 0 Å². The Morgan fingerprint density at radius 2 is 1.76 bits per heavy atom. The number of benzene rings is 1. The average molecular weight is 307 g/mol.